The van der Waals surface area contributed by atoms with Crippen molar-refractivity contribution in [2.75, 3.05) is 11.9 Å². The molecule has 0 fully saturated rings. The number of hydrogen-bond donors (Lipinski definition) is 2. The van der Waals surface area contributed by atoms with Gasteiger partial charge in [-0.15, -0.1) is 6.42 Å². The SMILES string of the molecule is C#CCOc1cnc(C(=O)Nc2cc(C)c(F)c([C@]3(C)C[C@](C)(C(F)F)SC(N)=N3)c2)cn1. The van der Waals surface area contributed by atoms with Crippen molar-refractivity contribution in [1.29, 1.82) is 0 Å². The molecule has 1 aliphatic heterocycles. The number of carbonyl (C=O) groups excluding carboxylic acids is 1. The van der Waals surface area contributed by atoms with E-state index in [0.717, 1.165) is 11.8 Å². The standard InChI is InChI=1S/C22H22F3N5O2S/c1-5-6-32-16-10-27-15(9-28-16)18(31)29-13-7-12(2)17(23)14(8-13)21(3)11-22(4,19(24)25)33-20(26)30-21/h1,7-10,19H,6,11H2,2-4H3,(H2,26,30)(H,29,31)/t21-,22+/m0/s1. The van der Waals surface area contributed by atoms with E-state index < -0.39 is 28.4 Å². The van der Waals surface area contributed by atoms with Crippen LogP contribution < -0.4 is 15.8 Å². The summed E-state index contributed by atoms with van der Waals surface area (Å²) in [7, 11) is 0. The summed E-state index contributed by atoms with van der Waals surface area (Å²) in [4.78, 5) is 24.8. The third kappa shape index (κ3) is 5.22. The van der Waals surface area contributed by atoms with Crippen molar-refractivity contribution in [1.82, 2.24) is 9.97 Å². The molecule has 1 aromatic carbocycles. The number of hydrogen-bond acceptors (Lipinski definition) is 7. The van der Waals surface area contributed by atoms with Crippen LogP contribution in [0.1, 0.15) is 41.9 Å². The van der Waals surface area contributed by atoms with E-state index in [1.807, 2.05) is 0 Å². The second-order valence-corrected chi connectivity index (χ2v) is 9.51. The van der Waals surface area contributed by atoms with Gasteiger partial charge in [-0.3, -0.25) is 9.79 Å². The normalized spacial score (nSPS) is 22.4. The van der Waals surface area contributed by atoms with Crippen molar-refractivity contribution in [3.63, 3.8) is 0 Å². The second-order valence-electron chi connectivity index (χ2n) is 7.96. The van der Waals surface area contributed by atoms with E-state index >= 15 is 4.39 Å². The fourth-order valence-electron chi connectivity index (χ4n) is 3.59. The molecule has 0 aliphatic carbocycles. The van der Waals surface area contributed by atoms with Crippen molar-refractivity contribution in [2.24, 2.45) is 10.7 Å². The average molecular weight is 478 g/mol. The van der Waals surface area contributed by atoms with E-state index in [0.29, 0.717) is 0 Å². The number of nitrogens with zero attached hydrogens (tertiary/aromatic N) is 3. The van der Waals surface area contributed by atoms with Gasteiger partial charge in [0.25, 0.3) is 12.3 Å². The predicted octanol–water partition coefficient (Wildman–Crippen LogP) is 3.88. The van der Waals surface area contributed by atoms with E-state index in [1.165, 1.54) is 38.4 Å². The van der Waals surface area contributed by atoms with Crippen molar-refractivity contribution in [2.45, 2.75) is 43.9 Å². The van der Waals surface area contributed by atoms with Gasteiger partial charge in [-0.1, -0.05) is 17.7 Å². The van der Waals surface area contributed by atoms with Crippen LogP contribution in [0.4, 0.5) is 18.9 Å². The lowest BCUT2D eigenvalue weighted by Crippen LogP contribution is -2.44. The maximum atomic E-state index is 15.1. The lowest BCUT2D eigenvalue weighted by molar-refractivity contribution is 0.0893. The molecule has 0 spiro atoms. The second kappa shape index (κ2) is 9.31. The molecule has 1 aliphatic rings. The van der Waals surface area contributed by atoms with Gasteiger partial charge in [0.1, 0.15) is 11.5 Å². The summed E-state index contributed by atoms with van der Waals surface area (Å²) in [6, 6.07) is 2.80. The molecular formula is C22H22F3N5O2S. The van der Waals surface area contributed by atoms with Crippen LogP contribution in [-0.2, 0) is 5.54 Å². The highest BCUT2D eigenvalue weighted by molar-refractivity contribution is 8.15. The molecule has 0 radical (unpaired) electrons. The smallest absolute Gasteiger partial charge is 0.275 e. The van der Waals surface area contributed by atoms with Crippen molar-refractivity contribution < 1.29 is 22.7 Å². The number of halogens is 3. The molecule has 2 heterocycles. The van der Waals surface area contributed by atoms with Gasteiger partial charge in [0, 0.05) is 11.3 Å². The first-order valence-electron chi connectivity index (χ1n) is 9.80. The predicted molar refractivity (Wildman–Crippen MR) is 121 cm³/mol. The minimum atomic E-state index is -2.70. The Balaban J connectivity index is 1.91. The van der Waals surface area contributed by atoms with Gasteiger partial charge < -0.3 is 15.8 Å². The Morgan fingerprint density at radius 3 is 2.70 bits per heavy atom. The van der Waals surface area contributed by atoms with E-state index in [2.05, 4.69) is 26.2 Å². The number of anilines is 1. The molecule has 0 saturated carbocycles. The van der Waals surface area contributed by atoms with Crippen LogP contribution in [0.5, 0.6) is 5.88 Å². The third-order valence-electron chi connectivity index (χ3n) is 5.11. The zero-order chi connectivity index (χ0) is 24.4. The molecule has 11 heteroatoms. The van der Waals surface area contributed by atoms with Gasteiger partial charge in [-0.25, -0.2) is 23.1 Å². The summed E-state index contributed by atoms with van der Waals surface area (Å²) in [5.41, 5.74) is 4.97. The summed E-state index contributed by atoms with van der Waals surface area (Å²) in [5.74, 6) is 1.23. The number of amidine groups is 1. The van der Waals surface area contributed by atoms with Crippen LogP contribution in [0.25, 0.3) is 0 Å². The first-order valence-corrected chi connectivity index (χ1v) is 10.6. The highest BCUT2D eigenvalue weighted by atomic mass is 32.2. The minimum Gasteiger partial charge on any atom is -0.463 e. The maximum absolute atomic E-state index is 15.1. The van der Waals surface area contributed by atoms with Crippen molar-refractivity contribution in [3.8, 4) is 18.2 Å². The zero-order valence-electron chi connectivity index (χ0n) is 18.2. The van der Waals surface area contributed by atoms with E-state index in [9.17, 15) is 13.6 Å². The highest BCUT2D eigenvalue weighted by Gasteiger charge is 2.48. The number of amides is 1. The van der Waals surface area contributed by atoms with Gasteiger partial charge >= 0.3 is 0 Å². The van der Waals surface area contributed by atoms with Crippen LogP contribution in [0.3, 0.4) is 0 Å². The number of nitrogens with two attached hydrogens (primary N) is 1. The van der Waals surface area contributed by atoms with Crippen LogP contribution in [0.2, 0.25) is 0 Å². The monoisotopic (exact) mass is 477 g/mol. The number of alkyl halides is 2. The van der Waals surface area contributed by atoms with E-state index in [4.69, 9.17) is 16.9 Å². The summed E-state index contributed by atoms with van der Waals surface area (Å²) < 4.78 is 46.2. The number of aryl methyl sites for hydroxylation is 1. The van der Waals surface area contributed by atoms with Gasteiger partial charge in [0.15, 0.2) is 11.8 Å². The molecule has 2 atom stereocenters. The molecule has 1 aromatic heterocycles. The van der Waals surface area contributed by atoms with E-state index in [-0.39, 0.29) is 46.6 Å². The van der Waals surface area contributed by atoms with Gasteiger partial charge in [0.05, 0.1) is 22.7 Å². The number of nitrogens with one attached hydrogen (secondary N) is 1. The molecule has 2 aromatic rings. The number of aliphatic imine (C=N–C) groups is 1. The van der Waals surface area contributed by atoms with Crippen LogP contribution in [-0.4, -0.2) is 38.8 Å². The molecule has 3 rings (SSSR count). The lowest BCUT2D eigenvalue weighted by Gasteiger charge is -2.41. The topological polar surface area (TPSA) is 102 Å². The molecule has 0 unspecified atom stereocenters. The largest absolute Gasteiger partial charge is 0.463 e. The zero-order valence-corrected chi connectivity index (χ0v) is 19.0. The average Bonchev–Trinajstić information content (AvgIpc) is 2.74. The Morgan fingerprint density at radius 2 is 2.09 bits per heavy atom. The van der Waals surface area contributed by atoms with E-state index in [1.54, 1.807) is 6.92 Å². The van der Waals surface area contributed by atoms with Crippen LogP contribution >= 0.6 is 11.8 Å². The molecule has 0 bridgehead atoms. The van der Waals surface area contributed by atoms with Gasteiger partial charge in [-0.05, 0) is 44.9 Å². The summed E-state index contributed by atoms with van der Waals surface area (Å²) in [6.07, 6.45) is 4.71. The molecule has 1 amide bonds. The number of carbonyl (C=O) groups is 1. The number of rotatable bonds is 6. The number of aromatic nitrogens is 2. The summed E-state index contributed by atoms with van der Waals surface area (Å²) >= 11 is 0.771. The van der Waals surface area contributed by atoms with Crippen LogP contribution in [0, 0.1) is 25.1 Å². The van der Waals surface area contributed by atoms with Gasteiger partial charge in [0.2, 0.25) is 5.88 Å². The summed E-state index contributed by atoms with van der Waals surface area (Å²) in [6.45, 7) is 4.43. The number of terminal acetylenes is 1. The Hall–Kier alpha value is -3.26. The number of thioether (sulfide) groups is 1. The molecule has 174 valence electrons. The Kier molecular flexibility index (Phi) is 6.88. The number of ether oxygens (including phenoxy) is 1. The first kappa shape index (κ1) is 24.4. The van der Waals surface area contributed by atoms with Crippen LogP contribution in [0.15, 0.2) is 29.5 Å². The lowest BCUT2D eigenvalue weighted by atomic mass is 9.82. The molecular weight excluding hydrogens is 455 g/mol. The fraction of sp³-hybridized carbons (Fsp3) is 0.364. The van der Waals surface area contributed by atoms with Gasteiger partial charge in [-0.2, -0.15) is 0 Å². The third-order valence-corrected chi connectivity index (χ3v) is 6.20. The summed E-state index contributed by atoms with van der Waals surface area (Å²) in [5, 5.41) is 2.57. The quantitative estimate of drug-likeness (QED) is 0.613. The molecule has 3 N–H and O–H groups in total. The maximum Gasteiger partial charge on any atom is 0.275 e. The fourth-order valence-corrected chi connectivity index (χ4v) is 4.76. The highest BCUT2D eigenvalue weighted by Crippen LogP contribution is 2.49. The minimum absolute atomic E-state index is 0.00668. The Labute approximate surface area is 193 Å². The molecule has 0 saturated heterocycles. The first-order chi connectivity index (χ1) is 15.5. The molecule has 7 nitrogen and oxygen atoms in total. The Morgan fingerprint density at radius 1 is 1.36 bits per heavy atom. The van der Waals surface area contributed by atoms with Crippen molar-refractivity contribution in [3.05, 3.63) is 47.2 Å². The molecule has 33 heavy (non-hydrogen) atoms. The van der Waals surface area contributed by atoms with Crippen molar-refractivity contribution >= 4 is 28.5 Å². The Bertz CT molecular complexity index is 1140. The number of benzene rings is 1.